The van der Waals surface area contributed by atoms with E-state index < -0.39 is 12.7 Å². The Morgan fingerprint density at radius 3 is 2.74 bits per heavy atom. The van der Waals surface area contributed by atoms with E-state index in [0.717, 1.165) is 4.68 Å². The molecule has 19 heavy (non-hydrogen) atoms. The third kappa shape index (κ3) is 3.18. The molecule has 0 atom stereocenters. The number of ether oxygens (including phenoxy) is 1. The van der Waals surface area contributed by atoms with E-state index in [-0.39, 0.29) is 5.75 Å². The van der Waals surface area contributed by atoms with Crippen LogP contribution in [-0.4, -0.2) is 28.2 Å². The third-order valence-electron chi connectivity index (χ3n) is 2.47. The van der Waals surface area contributed by atoms with Gasteiger partial charge in [-0.2, -0.15) is 18.3 Å². The van der Waals surface area contributed by atoms with Gasteiger partial charge in [-0.15, -0.1) is 0 Å². The van der Waals surface area contributed by atoms with Gasteiger partial charge in [0.2, 0.25) is 0 Å². The maximum absolute atomic E-state index is 12.2. The van der Waals surface area contributed by atoms with Gasteiger partial charge < -0.3 is 9.84 Å². The predicted octanol–water partition coefficient (Wildman–Crippen LogP) is 2.83. The van der Waals surface area contributed by atoms with Crippen LogP contribution in [0.5, 0.6) is 11.5 Å². The van der Waals surface area contributed by atoms with Crippen LogP contribution in [0.2, 0.25) is 0 Å². The Morgan fingerprint density at radius 1 is 1.37 bits per heavy atom. The summed E-state index contributed by atoms with van der Waals surface area (Å²) in [4.78, 5) is 0. The monoisotopic (exact) mass is 272 g/mol. The molecule has 0 fully saturated rings. The van der Waals surface area contributed by atoms with Gasteiger partial charge in [0.05, 0.1) is 13.3 Å². The zero-order valence-electron chi connectivity index (χ0n) is 9.98. The number of nitrogens with zero attached hydrogens (tertiary/aromatic N) is 2. The lowest BCUT2D eigenvalue weighted by Crippen LogP contribution is -2.17. The summed E-state index contributed by atoms with van der Waals surface area (Å²) in [7, 11) is 1.44. The Morgan fingerprint density at radius 2 is 2.11 bits per heavy atom. The molecule has 1 heterocycles. The Bertz CT molecular complexity index is 579. The molecular weight excluding hydrogens is 261 g/mol. The molecule has 0 saturated heterocycles. The number of rotatable bonds is 3. The fourth-order valence-electron chi connectivity index (χ4n) is 1.69. The summed E-state index contributed by atoms with van der Waals surface area (Å²) in [6.45, 7) is -1.16. The van der Waals surface area contributed by atoms with Crippen molar-refractivity contribution in [3.8, 4) is 22.6 Å². The number of aromatic hydroxyl groups is 1. The second-order valence-electron chi connectivity index (χ2n) is 3.93. The van der Waals surface area contributed by atoms with E-state index in [0.29, 0.717) is 16.9 Å². The van der Waals surface area contributed by atoms with Crippen LogP contribution in [0.3, 0.4) is 0 Å². The zero-order chi connectivity index (χ0) is 14.0. The van der Waals surface area contributed by atoms with Gasteiger partial charge in [0.1, 0.15) is 18.0 Å². The molecule has 2 rings (SSSR count). The number of alkyl halides is 3. The summed E-state index contributed by atoms with van der Waals surface area (Å²) < 4.78 is 42.6. The van der Waals surface area contributed by atoms with Crippen LogP contribution < -0.4 is 4.74 Å². The number of methoxy groups -OCH3 is 1. The van der Waals surface area contributed by atoms with Crippen LogP contribution in [0.15, 0.2) is 30.6 Å². The minimum atomic E-state index is -4.33. The normalized spacial score (nSPS) is 11.6. The lowest BCUT2D eigenvalue weighted by Gasteiger charge is -2.07. The van der Waals surface area contributed by atoms with E-state index in [9.17, 15) is 18.3 Å². The Labute approximate surface area is 107 Å². The first-order chi connectivity index (χ1) is 8.89. The zero-order valence-corrected chi connectivity index (χ0v) is 9.98. The van der Waals surface area contributed by atoms with Crippen molar-refractivity contribution in [3.63, 3.8) is 0 Å². The largest absolute Gasteiger partial charge is 0.508 e. The standard InChI is InChI=1S/C12H11F3N2O2/c1-19-11-3-2-9(18)4-10(11)8-5-16-17(6-8)7-12(13,14)15/h2-6,18H,7H2,1H3. The van der Waals surface area contributed by atoms with E-state index in [1.54, 1.807) is 0 Å². The summed E-state index contributed by atoms with van der Waals surface area (Å²) in [6, 6.07) is 4.38. The molecule has 0 aliphatic rings. The van der Waals surface area contributed by atoms with Crippen LogP contribution in [0.1, 0.15) is 0 Å². The Balaban J connectivity index is 2.35. The smallest absolute Gasteiger partial charge is 0.408 e. The van der Waals surface area contributed by atoms with Crippen LogP contribution in [0.4, 0.5) is 13.2 Å². The highest BCUT2D eigenvalue weighted by Crippen LogP contribution is 2.33. The summed E-state index contributed by atoms with van der Waals surface area (Å²) in [6.07, 6.45) is -1.78. The van der Waals surface area contributed by atoms with Gasteiger partial charge in [-0.1, -0.05) is 0 Å². The predicted molar refractivity (Wildman–Crippen MR) is 61.9 cm³/mol. The van der Waals surface area contributed by atoms with Crippen molar-refractivity contribution in [2.24, 2.45) is 0 Å². The number of benzene rings is 1. The molecule has 4 nitrogen and oxygen atoms in total. The molecule has 0 radical (unpaired) electrons. The molecule has 0 bridgehead atoms. The molecule has 7 heteroatoms. The number of hydrogen-bond acceptors (Lipinski definition) is 3. The number of hydrogen-bond donors (Lipinski definition) is 1. The lowest BCUT2D eigenvalue weighted by atomic mass is 10.1. The average molecular weight is 272 g/mol. The molecule has 1 N–H and O–H groups in total. The van der Waals surface area contributed by atoms with Crippen molar-refractivity contribution < 1.29 is 23.0 Å². The molecule has 0 saturated carbocycles. The highest BCUT2D eigenvalue weighted by atomic mass is 19.4. The first-order valence-corrected chi connectivity index (χ1v) is 5.35. The van der Waals surface area contributed by atoms with Gasteiger partial charge in [-0.3, -0.25) is 4.68 Å². The van der Waals surface area contributed by atoms with Crippen LogP contribution >= 0.6 is 0 Å². The van der Waals surface area contributed by atoms with Crippen LogP contribution in [0, 0.1) is 0 Å². The second-order valence-corrected chi connectivity index (χ2v) is 3.93. The van der Waals surface area contributed by atoms with E-state index in [1.807, 2.05) is 0 Å². The fourth-order valence-corrected chi connectivity index (χ4v) is 1.69. The molecular formula is C12H11F3N2O2. The molecule has 1 aromatic heterocycles. The van der Waals surface area contributed by atoms with Gasteiger partial charge in [0, 0.05) is 17.3 Å². The van der Waals surface area contributed by atoms with E-state index in [2.05, 4.69) is 5.10 Å². The minimum absolute atomic E-state index is 0.000582. The number of phenolic OH excluding ortho intramolecular Hbond substituents is 1. The highest BCUT2D eigenvalue weighted by Gasteiger charge is 2.28. The molecule has 0 aliphatic heterocycles. The van der Waals surface area contributed by atoms with Crippen molar-refractivity contribution in [3.05, 3.63) is 30.6 Å². The quantitative estimate of drug-likeness (QED) is 0.934. The summed E-state index contributed by atoms with van der Waals surface area (Å²) >= 11 is 0. The molecule has 0 amide bonds. The Hall–Kier alpha value is -2.18. The van der Waals surface area contributed by atoms with Gasteiger partial charge in [-0.05, 0) is 18.2 Å². The first kappa shape index (κ1) is 13.3. The number of phenols is 1. The van der Waals surface area contributed by atoms with Crippen LogP contribution in [0.25, 0.3) is 11.1 Å². The molecule has 1 aromatic carbocycles. The molecule has 0 spiro atoms. The maximum Gasteiger partial charge on any atom is 0.408 e. The van der Waals surface area contributed by atoms with Crippen molar-refractivity contribution in [2.75, 3.05) is 7.11 Å². The minimum Gasteiger partial charge on any atom is -0.508 e. The fraction of sp³-hybridized carbons (Fsp3) is 0.250. The SMILES string of the molecule is COc1ccc(O)cc1-c1cnn(CC(F)(F)F)c1. The number of aromatic nitrogens is 2. The molecule has 0 unspecified atom stereocenters. The van der Waals surface area contributed by atoms with Gasteiger partial charge in [-0.25, -0.2) is 0 Å². The van der Waals surface area contributed by atoms with Gasteiger partial charge >= 0.3 is 6.18 Å². The highest BCUT2D eigenvalue weighted by molar-refractivity contribution is 5.70. The van der Waals surface area contributed by atoms with Gasteiger partial charge in [0.15, 0.2) is 0 Å². The van der Waals surface area contributed by atoms with Crippen molar-refractivity contribution in [2.45, 2.75) is 12.7 Å². The summed E-state index contributed by atoms with van der Waals surface area (Å²) in [5.74, 6) is 0.448. The Kier molecular flexibility index (Phi) is 3.37. The van der Waals surface area contributed by atoms with Crippen molar-refractivity contribution >= 4 is 0 Å². The van der Waals surface area contributed by atoms with Gasteiger partial charge in [0.25, 0.3) is 0 Å². The molecule has 0 aliphatic carbocycles. The first-order valence-electron chi connectivity index (χ1n) is 5.35. The van der Waals surface area contributed by atoms with Crippen molar-refractivity contribution in [1.29, 1.82) is 0 Å². The second kappa shape index (κ2) is 4.83. The van der Waals surface area contributed by atoms with Crippen LogP contribution in [-0.2, 0) is 6.54 Å². The molecule has 2 aromatic rings. The summed E-state index contributed by atoms with van der Waals surface area (Å²) in [5, 5.41) is 13.1. The third-order valence-corrected chi connectivity index (χ3v) is 2.47. The number of halogens is 3. The summed E-state index contributed by atoms with van der Waals surface area (Å²) in [5.41, 5.74) is 0.924. The maximum atomic E-state index is 12.2. The van der Waals surface area contributed by atoms with E-state index in [1.165, 1.54) is 37.7 Å². The van der Waals surface area contributed by atoms with Crippen molar-refractivity contribution in [1.82, 2.24) is 9.78 Å². The molecule has 102 valence electrons. The topological polar surface area (TPSA) is 47.3 Å². The van der Waals surface area contributed by atoms with E-state index >= 15 is 0 Å². The lowest BCUT2D eigenvalue weighted by molar-refractivity contribution is -0.142. The van der Waals surface area contributed by atoms with E-state index in [4.69, 9.17) is 4.74 Å². The average Bonchev–Trinajstić information content (AvgIpc) is 2.75.